The van der Waals surface area contributed by atoms with E-state index in [2.05, 4.69) is 85.0 Å². The lowest BCUT2D eigenvalue weighted by molar-refractivity contribution is 1.22. The second-order valence-electron chi connectivity index (χ2n) is 12.2. The van der Waals surface area contributed by atoms with Crippen LogP contribution in [0.15, 0.2) is 81.8 Å². The van der Waals surface area contributed by atoms with E-state index < -0.39 is 0 Å². The molecule has 4 aromatic rings. The number of allylic oxidation sites excluding steroid dienone is 4. The minimum absolute atomic E-state index is 0.917. The molecule has 40 heavy (non-hydrogen) atoms. The van der Waals surface area contributed by atoms with Crippen molar-refractivity contribution in [2.24, 2.45) is 9.98 Å². The highest BCUT2D eigenvalue weighted by molar-refractivity contribution is 6.13. The summed E-state index contributed by atoms with van der Waals surface area (Å²) >= 11 is 0. The van der Waals surface area contributed by atoms with Crippen LogP contribution in [0, 0.1) is 0 Å². The monoisotopic (exact) mass is 510 g/mol. The summed E-state index contributed by atoms with van der Waals surface area (Å²) in [5, 5.41) is 2.55. The van der Waals surface area contributed by atoms with Crippen molar-refractivity contribution in [1.29, 1.82) is 0 Å². The second kappa shape index (κ2) is 7.55. The van der Waals surface area contributed by atoms with Gasteiger partial charge in [0.15, 0.2) is 0 Å². The summed E-state index contributed by atoms with van der Waals surface area (Å²) in [5.41, 5.74) is 21.5. The van der Waals surface area contributed by atoms with Gasteiger partial charge in [-0.2, -0.15) is 0 Å². The van der Waals surface area contributed by atoms with Crippen molar-refractivity contribution in [3.63, 3.8) is 0 Å². The number of fused-ring (bicyclic) bond motifs is 7. The maximum Gasteiger partial charge on any atom is 0.0675 e. The fourth-order valence-electron chi connectivity index (χ4n) is 7.59. The first-order valence-electron chi connectivity index (χ1n) is 14.5. The predicted molar refractivity (Wildman–Crippen MR) is 167 cm³/mol. The molecule has 2 heterocycles. The van der Waals surface area contributed by atoms with Gasteiger partial charge in [0.2, 0.25) is 0 Å². The van der Waals surface area contributed by atoms with Crippen LogP contribution in [-0.2, 0) is 38.5 Å². The molecule has 0 atom stereocenters. The number of benzene rings is 4. The van der Waals surface area contributed by atoms with Gasteiger partial charge in [0.05, 0.1) is 11.4 Å². The summed E-state index contributed by atoms with van der Waals surface area (Å²) < 4.78 is 0. The molecule has 0 N–H and O–H groups in total. The third-order valence-electron chi connectivity index (χ3n) is 9.70. The average Bonchev–Trinajstić information content (AvgIpc) is 3.78. The van der Waals surface area contributed by atoms with Crippen LogP contribution < -0.4 is 0 Å². The Labute approximate surface area is 233 Å². The normalized spacial score (nSPS) is 18.3. The Morgan fingerprint density at radius 1 is 0.425 bits per heavy atom. The first-order chi connectivity index (χ1) is 19.7. The molecule has 2 nitrogen and oxygen atoms in total. The van der Waals surface area contributed by atoms with Crippen LogP contribution in [0.1, 0.15) is 55.6 Å². The van der Waals surface area contributed by atoms with Crippen molar-refractivity contribution in [3.8, 4) is 0 Å². The van der Waals surface area contributed by atoms with Crippen LogP contribution in [0.5, 0.6) is 0 Å². The Morgan fingerprint density at radius 2 is 0.900 bits per heavy atom. The summed E-state index contributed by atoms with van der Waals surface area (Å²) in [7, 11) is 0. The molecule has 6 aliphatic rings. The maximum absolute atomic E-state index is 5.16. The van der Waals surface area contributed by atoms with E-state index >= 15 is 0 Å². The SMILES string of the molecule is C1=Cc2cc3c(cc2C1)C=C(C1=Nc2cc4cc5c(cc4cc2C1)N=C(C1=Cc2cc4c(cc2C1)C=CC4)C5)C3. The van der Waals surface area contributed by atoms with Crippen molar-refractivity contribution in [2.45, 2.75) is 38.5 Å². The van der Waals surface area contributed by atoms with Crippen molar-refractivity contribution < 1.29 is 0 Å². The van der Waals surface area contributed by atoms with E-state index in [-0.39, 0.29) is 0 Å². The third kappa shape index (κ3) is 3.05. The molecule has 0 spiro atoms. The molecular weight excluding hydrogens is 484 g/mol. The van der Waals surface area contributed by atoms with Gasteiger partial charge >= 0.3 is 0 Å². The topological polar surface area (TPSA) is 24.7 Å². The highest BCUT2D eigenvalue weighted by Gasteiger charge is 2.26. The van der Waals surface area contributed by atoms with E-state index in [4.69, 9.17) is 9.98 Å². The molecule has 0 bridgehead atoms. The quantitative estimate of drug-likeness (QED) is 0.258. The Morgan fingerprint density at radius 3 is 1.40 bits per heavy atom. The fourth-order valence-corrected chi connectivity index (χ4v) is 7.59. The van der Waals surface area contributed by atoms with Crippen LogP contribution in [-0.4, -0.2) is 11.4 Å². The minimum atomic E-state index is 0.917. The minimum Gasteiger partial charge on any atom is -0.252 e. The lowest BCUT2D eigenvalue weighted by Gasteiger charge is -2.05. The van der Waals surface area contributed by atoms with Crippen molar-refractivity contribution in [3.05, 3.63) is 127 Å². The summed E-state index contributed by atoms with van der Waals surface area (Å²) in [6.07, 6.45) is 19.8. The maximum atomic E-state index is 5.16. The fraction of sp³-hybridized carbons (Fsp3) is 0.158. The molecule has 2 heteroatoms. The van der Waals surface area contributed by atoms with E-state index in [0.29, 0.717) is 0 Å². The zero-order chi connectivity index (χ0) is 25.9. The Balaban J connectivity index is 0.933. The van der Waals surface area contributed by atoms with E-state index in [0.717, 1.165) is 49.9 Å². The van der Waals surface area contributed by atoms with Gasteiger partial charge in [-0.15, -0.1) is 0 Å². The molecule has 0 saturated heterocycles. The van der Waals surface area contributed by atoms with Crippen LogP contribution in [0.3, 0.4) is 0 Å². The van der Waals surface area contributed by atoms with Gasteiger partial charge in [-0.05, 0) is 140 Å². The molecule has 0 amide bonds. The van der Waals surface area contributed by atoms with Crippen molar-refractivity contribution >= 4 is 57.9 Å². The summed E-state index contributed by atoms with van der Waals surface area (Å²) in [4.78, 5) is 10.3. The lowest BCUT2D eigenvalue weighted by atomic mass is 9.97. The first-order valence-corrected chi connectivity index (χ1v) is 14.5. The van der Waals surface area contributed by atoms with Gasteiger partial charge in [0.25, 0.3) is 0 Å². The Kier molecular flexibility index (Phi) is 4.02. The van der Waals surface area contributed by atoms with Gasteiger partial charge < -0.3 is 0 Å². The largest absolute Gasteiger partial charge is 0.252 e. The van der Waals surface area contributed by atoms with Crippen LogP contribution in [0.4, 0.5) is 11.4 Å². The summed E-state index contributed by atoms with van der Waals surface area (Å²) in [6, 6.07) is 18.9. The summed E-state index contributed by atoms with van der Waals surface area (Å²) in [6.45, 7) is 0. The molecule has 0 fully saturated rings. The first kappa shape index (κ1) is 21.3. The Bertz CT molecular complexity index is 1940. The van der Waals surface area contributed by atoms with E-state index in [1.54, 1.807) is 0 Å². The molecule has 0 unspecified atom stereocenters. The smallest absolute Gasteiger partial charge is 0.0675 e. The zero-order valence-corrected chi connectivity index (χ0v) is 22.2. The van der Waals surface area contributed by atoms with Crippen molar-refractivity contribution in [2.75, 3.05) is 0 Å². The summed E-state index contributed by atoms with van der Waals surface area (Å²) in [5.74, 6) is 0. The highest BCUT2D eigenvalue weighted by Crippen LogP contribution is 2.41. The standard InChI is InChI=1S/C38H26N2/c1-3-21-7-25-11-31(12-26(25)8-22(21)4-1)37-19-33-15-29-18-36-34(16-30(29)17-35(33)39-37)20-38(40-36)32-13-27-9-23-5-2-6-24(23)10-28(27)14-32/h1-3,5,7-10,12,14-18H,4,6,11,13,19-20H2. The molecule has 0 saturated carbocycles. The molecule has 4 aromatic carbocycles. The van der Waals surface area contributed by atoms with E-state index in [9.17, 15) is 0 Å². The molecule has 10 rings (SSSR count). The van der Waals surface area contributed by atoms with Gasteiger partial charge in [-0.3, -0.25) is 9.98 Å². The number of hydrogen-bond donors (Lipinski definition) is 0. The van der Waals surface area contributed by atoms with Crippen LogP contribution >= 0.6 is 0 Å². The second-order valence-corrected chi connectivity index (χ2v) is 12.2. The molecule has 4 aliphatic carbocycles. The molecule has 0 aromatic heterocycles. The van der Waals surface area contributed by atoms with Crippen LogP contribution in [0.2, 0.25) is 0 Å². The number of aliphatic imine (C=N–C) groups is 2. The van der Waals surface area contributed by atoms with Gasteiger partial charge in [0.1, 0.15) is 0 Å². The van der Waals surface area contributed by atoms with E-state index in [1.807, 2.05) is 0 Å². The predicted octanol–water partition coefficient (Wildman–Crippen LogP) is 8.52. The average molecular weight is 511 g/mol. The lowest BCUT2D eigenvalue weighted by Crippen LogP contribution is -2.02. The van der Waals surface area contributed by atoms with Gasteiger partial charge in [-0.1, -0.05) is 48.6 Å². The molecule has 2 aliphatic heterocycles. The number of hydrogen-bond acceptors (Lipinski definition) is 2. The van der Waals surface area contributed by atoms with Gasteiger partial charge in [0, 0.05) is 24.3 Å². The molecule has 0 radical (unpaired) electrons. The molecule has 188 valence electrons. The van der Waals surface area contributed by atoms with Crippen LogP contribution in [0.25, 0.3) is 35.1 Å². The molecular formula is C38H26N2. The highest BCUT2D eigenvalue weighted by atomic mass is 14.8. The van der Waals surface area contributed by atoms with Crippen molar-refractivity contribution in [1.82, 2.24) is 0 Å². The number of nitrogens with zero attached hydrogens (tertiary/aromatic N) is 2. The number of rotatable bonds is 2. The third-order valence-corrected chi connectivity index (χ3v) is 9.70. The van der Waals surface area contributed by atoms with E-state index in [1.165, 1.54) is 89.0 Å². The zero-order valence-electron chi connectivity index (χ0n) is 22.2. The van der Waals surface area contributed by atoms with Gasteiger partial charge in [-0.25, -0.2) is 0 Å². The Hall–Kier alpha value is -4.56.